The minimum Gasteiger partial charge on any atom is -0.324 e. The molecule has 1 fully saturated rings. The molecule has 98 valence electrons. The third-order valence-corrected chi connectivity index (χ3v) is 4.03. The molecule has 2 N–H and O–H groups in total. The van der Waals surface area contributed by atoms with Crippen molar-refractivity contribution in [3.8, 4) is 0 Å². The summed E-state index contributed by atoms with van der Waals surface area (Å²) in [6.07, 6.45) is 5.89. The van der Waals surface area contributed by atoms with Crippen LogP contribution >= 0.6 is 11.6 Å². The maximum absolute atomic E-state index is 10.9. The van der Waals surface area contributed by atoms with Crippen molar-refractivity contribution in [2.75, 3.05) is 0 Å². The number of nitro groups is 1. The van der Waals surface area contributed by atoms with Gasteiger partial charge in [0.05, 0.1) is 4.92 Å². The first-order chi connectivity index (χ1) is 8.59. The van der Waals surface area contributed by atoms with Crippen molar-refractivity contribution in [1.29, 1.82) is 0 Å². The molecule has 1 aromatic rings. The standard InChI is InChI=1S/C13H17ClN2O2/c14-11-7-6-10(8-12(11)16(17)18)13(15)9-4-2-1-3-5-9/h6-9,13H,1-5,15H2/t13-/m0/s1. The molecule has 2 rings (SSSR count). The molecule has 1 aliphatic carbocycles. The first-order valence-corrected chi connectivity index (χ1v) is 6.67. The van der Waals surface area contributed by atoms with Gasteiger partial charge >= 0.3 is 0 Å². The third-order valence-electron chi connectivity index (χ3n) is 3.71. The molecule has 1 aliphatic rings. The molecular formula is C13H17ClN2O2. The monoisotopic (exact) mass is 268 g/mol. The van der Waals surface area contributed by atoms with Gasteiger partial charge in [0.2, 0.25) is 0 Å². The van der Waals surface area contributed by atoms with E-state index in [2.05, 4.69) is 0 Å². The topological polar surface area (TPSA) is 69.2 Å². The third kappa shape index (κ3) is 2.82. The fourth-order valence-electron chi connectivity index (χ4n) is 2.64. The van der Waals surface area contributed by atoms with Gasteiger partial charge in [-0.05, 0) is 30.4 Å². The van der Waals surface area contributed by atoms with Crippen LogP contribution in [0, 0.1) is 16.0 Å². The normalized spacial score (nSPS) is 18.6. The van der Waals surface area contributed by atoms with Crippen LogP contribution in [0.4, 0.5) is 5.69 Å². The van der Waals surface area contributed by atoms with E-state index in [1.54, 1.807) is 12.1 Å². The Balaban J connectivity index is 2.21. The molecule has 0 radical (unpaired) electrons. The minimum absolute atomic E-state index is 0.0552. The predicted octanol–water partition coefficient (Wildman–Crippen LogP) is 3.83. The van der Waals surface area contributed by atoms with Crippen molar-refractivity contribution in [2.45, 2.75) is 38.1 Å². The molecule has 1 aromatic carbocycles. The fourth-order valence-corrected chi connectivity index (χ4v) is 2.83. The Morgan fingerprint density at radius 1 is 1.33 bits per heavy atom. The van der Waals surface area contributed by atoms with Crippen molar-refractivity contribution in [1.82, 2.24) is 0 Å². The Bertz CT molecular complexity index is 445. The van der Waals surface area contributed by atoms with Gasteiger partial charge in [-0.15, -0.1) is 0 Å². The number of hydrogen-bond acceptors (Lipinski definition) is 3. The van der Waals surface area contributed by atoms with Crippen LogP contribution in [0.25, 0.3) is 0 Å². The van der Waals surface area contributed by atoms with Gasteiger partial charge in [-0.25, -0.2) is 0 Å². The summed E-state index contributed by atoms with van der Waals surface area (Å²) in [5.41, 5.74) is 6.99. The molecule has 0 heterocycles. The summed E-state index contributed by atoms with van der Waals surface area (Å²) in [5.74, 6) is 0.430. The highest BCUT2D eigenvalue weighted by Crippen LogP contribution is 2.35. The zero-order valence-corrected chi connectivity index (χ0v) is 10.9. The van der Waals surface area contributed by atoms with Gasteiger partial charge in [0.25, 0.3) is 5.69 Å². The molecule has 0 saturated heterocycles. The molecule has 0 amide bonds. The van der Waals surface area contributed by atoms with E-state index in [0.717, 1.165) is 18.4 Å². The highest BCUT2D eigenvalue weighted by atomic mass is 35.5. The highest BCUT2D eigenvalue weighted by molar-refractivity contribution is 6.32. The molecule has 0 bridgehead atoms. The van der Waals surface area contributed by atoms with Gasteiger partial charge in [-0.3, -0.25) is 10.1 Å². The zero-order chi connectivity index (χ0) is 13.1. The number of nitrogens with two attached hydrogens (primary N) is 1. The first-order valence-electron chi connectivity index (χ1n) is 6.29. The lowest BCUT2D eigenvalue weighted by Crippen LogP contribution is -2.23. The van der Waals surface area contributed by atoms with E-state index in [0.29, 0.717) is 5.92 Å². The second-order valence-electron chi connectivity index (χ2n) is 4.89. The molecule has 18 heavy (non-hydrogen) atoms. The van der Waals surface area contributed by atoms with Crippen LogP contribution in [0.1, 0.15) is 43.7 Å². The van der Waals surface area contributed by atoms with E-state index in [1.165, 1.54) is 25.3 Å². The highest BCUT2D eigenvalue weighted by Gasteiger charge is 2.24. The van der Waals surface area contributed by atoms with Crippen molar-refractivity contribution in [3.63, 3.8) is 0 Å². The maximum atomic E-state index is 10.9. The van der Waals surface area contributed by atoms with E-state index in [1.807, 2.05) is 0 Å². The van der Waals surface area contributed by atoms with Crippen LogP contribution in [-0.4, -0.2) is 4.92 Å². The molecule has 0 spiro atoms. The lowest BCUT2D eigenvalue weighted by atomic mass is 9.81. The summed E-state index contributed by atoms with van der Waals surface area (Å²) < 4.78 is 0. The van der Waals surface area contributed by atoms with Gasteiger partial charge in [-0.1, -0.05) is 36.9 Å². The van der Waals surface area contributed by atoms with Gasteiger partial charge in [-0.2, -0.15) is 0 Å². The summed E-state index contributed by atoms with van der Waals surface area (Å²) in [6.45, 7) is 0. The predicted molar refractivity (Wildman–Crippen MR) is 71.6 cm³/mol. The van der Waals surface area contributed by atoms with Crippen LogP contribution in [0.2, 0.25) is 5.02 Å². The Hall–Kier alpha value is -1.13. The lowest BCUT2D eigenvalue weighted by Gasteiger charge is -2.27. The Morgan fingerprint density at radius 2 is 2.00 bits per heavy atom. The maximum Gasteiger partial charge on any atom is 0.288 e. The van der Waals surface area contributed by atoms with Crippen molar-refractivity contribution in [3.05, 3.63) is 38.9 Å². The van der Waals surface area contributed by atoms with Gasteiger partial charge in [0, 0.05) is 12.1 Å². The van der Waals surface area contributed by atoms with E-state index in [9.17, 15) is 10.1 Å². The second-order valence-corrected chi connectivity index (χ2v) is 5.30. The second kappa shape index (κ2) is 5.67. The molecule has 0 aromatic heterocycles. The number of halogens is 1. The molecule has 1 saturated carbocycles. The van der Waals surface area contributed by atoms with Gasteiger partial charge in [0.1, 0.15) is 5.02 Å². The average molecular weight is 269 g/mol. The quantitative estimate of drug-likeness (QED) is 0.669. The number of nitro benzene ring substituents is 1. The Labute approximate surface area is 111 Å². The summed E-state index contributed by atoms with van der Waals surface area (Å²) >= 11 is 5.80. The van der Waals surface area contributed by atoms with Crippen LogP contribution in [0.15, 0.2) is 18.2 Å². The van der Waals surface area contributed by atoms with Crippen molar-refractivity contribution < 1.29 is 4.92 Å². The molecule has 1 atom stereocenters. The smallest absolute Gasteiger partial charge is 0.288 e. The summed E-state index contributed by atoms with van der Waals surface area (Å²) in [5, 5.41) is 11.0. The number of hydrogen-bond donors (Lipinski definition) is 1. The van der Waals surface area contributed by atoms with Gasteiger partial charge < -0.3 is 5.73 Å². The zero-order valence-electron chi connectivity index (χ0n) is 10.1. The summed E-state index contributed by atoms with van der Waals surface area (Å²) in [7, 11) is 0. The van der Waals surface area contributed by atoms with Crippen molar-refractivity contribution in [2.24, 2.45) is 11.7 Å². The van der Waals surface area contributed by atoms with Crippen LogP contribution in [0.3, 0.4) is 0 Å². The van der Waals surface area contributed by atoms with E-state index >= 15 is 0 Å². The summed E-state index contributed by atoms with van der Waals surface area (Å²) in [6, 6.07) is 4.76. The van der Waals surface area contributed by atoms with E-state index in [4.69, 9.17) is 17.3 Å². The SMILES string of the molecule is N[C@H](c1ccc(Cl)c([N+](=O)[O-])c1)C1CCCCC1. The van der Waals surface area contributed by atoms with Gasteiger partial charge in [0.15, 0.2) is 0 Å². The van der Waals surface area contributed by atoms with Crippen LogP contribution in [-0.2, 0) is 0 Å². The molecule has 5 heteroatoms. The number of nitrogens with zero attached hydrogens (tertiary/aromatic N) is 1. The summed E-state index contributed by atoms with van der Waals surface area (Å²) in [4.78, 5) is 10.4. The fraction of sp³-hybridized carbons (Fsp3) is 0.538. The molecule has 4 nitrogen and oxygen atoms in total. The van der Waals surface area contributed by atoms with Crippen molar-refractivity contribution >= 4 is 17.3 Å². The number of rotatable bonds is 3. The Kier molecular flexibility index (Phi) is 4.19. The Morgan fingerprint density at radius 3 is 2.61 bits per heavy atom. The first kappa shape index (κ1) is 13.3. The van der Waals surface area contributed by atoms with Crippen LogP contribution < -0.4 is 5.73 Å². The van der Waals surface area contributed by atoms with Crippen LogP contribution in [0.5, 0.6) is 0 Å². The molecule has 0 unspecified atom stereocenters. The van der Waals surface area contributed by atoms with E-state index in [-0.39, 0.29) is 16.8 Å². The minimum atomic E-state index is -0.459. The largest absolute Gasteiger partial charge is 0.324 e. The number of benzene rings is 1. The van der Waals surface area contributed by atoms with E-state index < -0.39 is 4.92 Å². The molecule has 0 aliphatic heterocycles. The molecular weight excluding hydrogens is 252 g/mol. The lowest BCUT2D eigenvalue weighted by molar-refractivity contribution is -0.384. The average Bonchev–Trinajstić information content (AvgIpc) is 2.39.